The highest BCUT2D eigenvalue weighted by Gasteiger charge is 2.13. The van der Waals surface area contributed by atoms with Crippen molar-refractivity contribution >= 4 is 5.65 Å². The molecule has 7 heteroatoms. The molecule has 2 aromatic carbocycles. The van der Waals surface area contributed by atoms with E-state index < -0.39 is 0 Å². The van der Waals surface area contributed by atoms with E-state index in [1.165, 1.54) is 5.56 Å². The standard InChI is InChI=1S/C22H19N7/c1-2-19-20(29-21(24-19)8-5-13-23-29)14-15-9-11-16(12-10-15)17-6-3-4-7-18(17)22-25-27-28-26-22/h3-13H,2,14H2,1H3,(H,25,26,27,28). The van der Waals surface area contributed by atoms with Crippen molar-refractivity contribution in [1.82, 2.24) is 35.2 Å². The number of tetrazole rings is 1. The normalized spacial score (nSPS) is 11.2. The molecule has 0 bridgehead atoms. The van der Waals surface area contributed by atoms with Crippen molar-refractivity contribution < 1.29 is 0 Å². The number of nitrogens with one attached hydrogen (secondary N) is 1. The second-order valence-corrected chi connectivity index (χ2v) is 6.81. The van der Waals surface area contributed by atoms with E-state index >= 15 is 0 Å². The largest absolute Gasteiger partial charge is 0.232 e. The van der Waals surface area contributed by atoms with Gasteiger partial charge < -0.3 is 0 Å². The van der Waals surface area contributed by atoms with Crippen LogP contribution >= 0.6 is 0 Å². The molecule has 0 unspecified atom stereocenters. The zero-order chi connectivity index (χ0) is 19.6. The zero-order valence-corrected chi connectivity index (χ0v) is 15.9. The molecule has 5 rings (SSSR count). The lowest BCUT2D eigenvalue weighted by Gasteiger charge is -2.08. The summed E-state index contributed by atoms with van der Waals surface area (Å²) in [5, 5.41) is 18.9. The minimum Gasteiger partial charge on any atom is -0.232 e. The van der Waals surface area contributed by atoms with E-state index in [0.29, 0.717) is 5.82 Å². The number of hydrogen-bond donors (Lipinski definition) is 1. The molecule has 0 saturated carbocycles. The average molecular weight is 381 g/mol. The van der Waals surface area contributed by atoms with Crippen molar-refractivity contribution in [1.29, 1.82) is 0 Å². The summed E-state index contributed by atoms with van der Waals surface area (Å²) in [6.45, 7) is 2.13. The molecule has 1 N–H and O–H groups in total. The molecule has 3 aromatic heterocycles. The van der Waals surface area contributed by atoms with Crippen LogP contribution in [0.15, 0.2) is 66.9 Å². The van der Waals surface area contributed by atoms with Gasteiger partial charge in [0.05, 0.1) is 11.4 Å². The third kappa shape index (κ3) is 3.16. The number of aromatic nitrogens is 7. The van der Waals surface area contributed by atoms with Gasteiger partial charge in [0.1, 0.15) is 0 Å². The molecule has 3 heterocycles. The molecule has 5 aromatic rings. The van der Waals surface area contributed by atoms with Gasteiger partial charge in [0.25, 0.3) is 0 Å². The van der Waals surface area contributed by atoms with Gasteiger partial charge in [-0.25, -0.2) is 9.50 Å². The van der Waals surface area contributed by atoms with Crippen molar-refractivity contribution in [2.24, 2.45) is 0 Å². The Labute approximate surface area is 167 Å². The van der Waals surface area contributed by atoms with Gasteiger partial charge >= 0.3 is 0 Å². The number of aryl methyl sites for hydroxylation is 1. The van der Waals surface area contributed by atoms with Crippen molar-refractivity contribution in [2.75, 3.05) is 0 Å². The summed E-state index contributed by atoms with van der Waals surface area (Å²) in [7, 11) is 0. The number of fused-ring (bicyclic) bond motifs is 1. The number of benzene rings is 2. The molecule has 29 heavy (non-hydrogen) atoms. The summed E-state index contributed by atoms with van der Waals surface area (Å²) in [4.78, 5) is 4.71. The van der Waals surface area contributed by atoms with Gasteiger partial charge in [0.15, 0.2) is 5.65 Å². The maximum atomic E-state index is 4.71. The van der Waals surface area contributed by atoms with Gasteiger partial charge in [0, 0.05) is 18.2 Å². The van der Waals surface area contributed by atoms with E-state index in [1.807, 2.05) is 34.8 Å². The predicted octanol–water partition coefficient (Wildman–Crippen LogP) is 3.73. The second kappa shape index (κ2) is 7.27. The molecule has 0 aliphatic rings. The van der Waals surface area contributed by atoms with Crippen LogP contribution in [0.4, 0.5) is 0 Å². The van der Waals surface area contributed by atoms with Gasteiger partial charge in [-0.1, -0.05) is 55.5 Å². The highest BCUT2D eigenvalue weighted by Crippen LogP contribution is 2.30. The summed E-state index contributed by atoms with van der Waals surface area (Å²) >= 11 is 0. The van der Waals surface area contributed by atoms with Gasteiger partial charge in [-0.2, -0.15) is 10.3 Å². The highest BCUT2D eigenvalue weighted by molar-refractivity contribution is 5.80. The number of H-pyrrole nitrogens is 1. The van der Waals surface area contributed by atoms with Crippen LogP contribution in [0.25, 0.3) is 28.2 Å². The smallest absolute Gasteiger partial charge is 0.205 e. The topological polar surface area (TPSA) is 84.6 Å². The first-order valence-electron chi connectivity index (χ1n) is 9.57. The molecule has 0 amide bonds. The van der Waals surface area contributed by atoms with Crippen molar-refractivity contribution in [3.63, 3.8) is 0 Å². The molecule has 7 nitrogen and oxygen atoms in total. The molecule has 0 spiro atoms. The number of hydrogen-bond acceptors (Lipinski definition) is 5. The fraction of sp³-hybridized carbons (Fsp3) is 0.136. The Morgan fingerprint density at radius 1 is 0.931 bits per heavy atom. The lowest BCUT2D eigenvalue weighted by molar-refractivity contribution is 0.856. The maximum Gasteiger partial charge on any atom is 0.205 e. The third-order valence-electron chi connectivity index (χ3n) is 5.05. The fourth-order valence-corrected chi connectivity index (χ4v) is 3.64. The molecular formula is C22H19N7. The minimum absolute atomic E-state index is 0.592. The fourth-order valence-electron chi connectivity index (χ4n) is 3.64. The Bertz CT molecular complexity index is 1250. The number of rotatable bonds is 5. The average Bonchev–Trinajstić information content (AvgIpc) is 3.43. The first kappa shape index (κ1) is 17.2. The SMILES string of the molecule is CCc1nc2cccnn2c1Cc1ccc(-c2ccccc2-c2nn[nH]n2)cc1. The number of aromatic amines is 1. The summed E-state index contributed by atoms with van der Waals surface area (Å²) in [5.41, 5.74) is 7.48. The van der Waals surface area contributed by atoms with Crippen LogP contribution in [0.2, 0.25) is 0 Å². The van der Waals surface area contributed by atoms with Gasteiger partial charge in [-0.15, -0.1) is 10.2 Å². The van der Waals surface area contributed by atoms with E-state index in [9.17, 15) is 0 Å². The molecular weight excluding hydrogens is 362 g/mol. The second-order valence-electron chi connectivity index (χ2n) is 6.81. The minimum atomic E-state index is 0.592. The van der Waals surface area contributed by atoms with Crippen LogP contribution in [0.1, 0.15) is 23.9 Å². The van der Waals surface area contributed by atoms with E-state index in [4.69, 9.17) is 4.98 Å². The van der Waals surface area contributed by atoms with E-state index in [-0.39, 0.29) is 0 Å². The molecule has 0 aliphatic heterocycles. The van der Waals surface area contributed by atoms with Crippen molar-refractivity contribution in [2.45, 2.75) is 19.8 Å². The highest BCUT2D eigenvalue weighted by atomic mass is 15.5. The molecule has 142 valence electrons. The first-order valence-corrected chi connectivity index (χ1v) is 9.57. The first-order chi connectivity index (χ1) is 14.3. The van der Waals surface area contributed by atoms with Crippen molar-refractivity contribution in [3.05, 3.63) is 83.8 Å². The van der Waals surface area contributed by atoms with Crippen molar-refractivity contribution in [3.8, 4) is 22.5 Å². The van der Waals surface area contributed by atoms with Gasteiger partial charge in [-0.3, -0.25) is 0 Å². The quantitative estimate of drug-likeness (QED) is 0.501. The lowest BCUT2D eigenvalue weighted by atomic mass is 9.97. The predicted molar refractivity (Wildman–Crippen MR) is 110 cm³/mol. The maximum absolute atomic E-state index is 4.71. The number of nitrogens with zero attached hydrogens (tertiary/aromatic N) is 6. The van der Waals surface area contributed by atoms with Crippen LogP contribution in [0, 0.1) is 0 Å². The Morgan fingerprint density at radius 2 is 1.76 bits per heavy atom. The summed E-state index contributed by atoms with van der Waals surface area (Å²) in [6.07, 6.45) is 3.47. The van der Waals surface area contributed by atoms with Crippen LogP contribution < -0.4 is 0 Å². The Balaban J connectivity index is 1.49. The lowest BCUT2D eigenvalue weighted by Crippen LogP contribution is -2.00. The molecule has 0 aliphatic carbocycles. The molecule has 0 radical (unpaired) electrons. The van der Waals surface area contributed by atoms with Gasteiger partial charge in [0.2, 0.25) is 5.82 Å². The monoisotopic (exact) mass is 381 g/mol. The summed E-state index contributed by atoms with van der Waals surface area (Å²) in [5.74, 6) is 0.592. The molecule has 0 saturated heterocycles. The van der Waals surface area contributed by atoms with Crippen LogP contribution in [0.5, 0.6) is 0 Å². The Hall–Kier alpha value is -3.87. The van der Waals surface area contributed by atoms with E-state index in [0.717, 1.165) is 46.6 Å². The van der Waals surface area contributed by atoms with Crippen LogP contribution in [-0.4, -0.2) is 35.2 Å². The number of imidazole rings is 1. The summed E-state index contributed by atoms with van der Waals surface area (Å²) < 4.78 is 1.94. The molecule has 0 fully saturated rings. The van der Waals surface area contributed by atoms with E-state index in [1.54, 1.807) is 6.20 Å². The van der Waals surface area contributed by atoms with Gasteiger partial charge in [-0.05, 0) is 40.5 Å². The zero-order valence-electron chi connectivity index (χ0n) is 15.9. The van der Waals surface area contributed by atoms with Crippen LogP contribution in [0.3, 0.4) is 0 Å². The Morgan fingerprint density at radius 3 is 2.52 bits per heavy atom. The third-order valence-corrected chi connectivity index (χ3v) is 5.05. The van der Waals surface area contributed by atoms with Crippen LogP contribution in [-0.2, 0) is 12.8 Å². The Kier molecular flexibility index (Phi) is 4.32. The summed E-state index contributed by atoms with van der Waals surface area (Å²) in [6, 6.07) is 20.6. The molecule has 0 atom stereocenters. The van der Waals surface area contributed by atoms with E-state index in [2.05, 4.69) is 63.0 Å².